The average Bonchev–Trinajstić information content (AvgIpc) is 3.42. The third kappa shape index (κ3) is 3.31. The number of hydrogen-bond acceptors (Lipinski definition) is 2. The molecule has 0 aliphatic heterocycles. The van der Waals surface area contributed by atoms with Crippen LogP contribution < -0.4 is 5.32 Å². The van der Waals surface area contributed by atoms with Gasteiger partial charge in [-0.05, 0) is 31.0 Å². The fourth-order valence-corrected chi connectivity index (χ4v) is 3.24. The number of benzene rings is 2. The minimum absolute atomic E-state index is 0.0342. The molecule has 0 radical (unpaired) electrons. The topological polar surface area (TPSA) is 42.0 Å². The summed E-state index contributed by atoms with van der Waals surface area (Å²) in [5.41, 5.74) is 4.66. The molecule has 1 aliphatic carbocycles. The lowest BCUT2D eigenvalue weighted by Gasteiger charge is -2.09. The third-order valence-corrected chi connectivity index (χ3v) is 4.73. The Balaban J connectivity index is 1.46. The summed E-state index contributed by atoms with van der Waals surface area (Å²) < 4.78 is 0. The van der Waals surface area contributed by atoms with Crippen LogP contribution in [0.15, 0.2) is 72.8 Å². The fraction of sp³-hybridized carbons (Fsp3) is 0.182. The number of amides is 1. The normalized spacial score (nSPS) is 18.6. The van der Waals surface area contributed by atoms with E-state index in [1.165, 1.54) is 5.56 Å². The molecule has 1 fully saturated rings. The molecule has 0 bridgehead atoms. The minimum atomic E-state index is -0.0342. The van der Waals surface area contributed by atoms with Gasteiger partial charge in [0.25, 0.3) is 5.91 Å². The summed E-state index contributed by atoms with van der Waals surface area (Å²) in [5.74, 6) is 0.398. The summed E-state index contributed by atoms with van der Waals surface area (Å²) in [6.07, 6.45) is 1.00. The van der Waals surface area contributed by atoms with Crippen molar-refractivity contribution in [3.63, 3.8) is 0 Å². The maximum Gasteiger partial charge on any atom is 0.253 e. The summed E-state index contributed by atoms with van der Waals surface area (Å²) in [5, 5.41) is 3.14. The van der Waals surface area contributed by atoms with Crippen LogP contribution >= 0.6 is 0 Å². The molecule has 0 unspecified atom stereocenters. The number of hydrogen-bond donors (Lipinski definition) is 1. The highest BCUT2D eigenvalue weighted by atomic mass is 16.1. The van der Waals surface area contributed by atoms with E-state index in [2.05, 4.69) is 22.4 Å². The number of nitrogens with one attached hydrogen (secondary N) is 1. The van der Waals surface area contributed by atoms with Gasteiger partial charge in [0.1, 0.15) is 0 Å². The molecular weight excluding hydrogens is 308 g/mol. The lowest BCUT2D eigenvalue weighted by Crippen LogP contribution is -2.27. The van der Waals surface area contributed by atoms with Crippen LogP contribution in [0, 0.1) is 6.92 Å². The van der Waals surface area contributed by atoms with E-state index in [4.69, 9.17) is 0 Å². The van der Waals surface area contributed by atoms with Crippen molar-refractivity contribution in [1.82, 2.24) is 10.3 Å². The van der Waals surface area contributed by atoms with Gasteiger partial charge in [-0.25, -0.2) is 0 Å². The Hall–Kier alpha value is -2.94. The predicted octanol–water partition coefficient (Wildman–Crippen LogP) is 4.34. The van der Waals surface area contributed by atoms with Gasteiger partial charge in [0.05, 0.1) is 17.0 Å². The molecule has 3 aromatic rings. The van der Waals surface area contributed by atoms with Gasteiger partial charge in [-0.15, -0.1) is 0 Å². The van der Waals surface area contributed by atoms with Crippen LogP contribution in [0.1, 0.15) is 34.0 Å². The molecule has 1 N–H and O–H groups in total. The monoisotopic (exact) mass is 328 g/mol. The van der Waals surface area contributed by atoms with Crippen LogP contribution in [-0.4, -0.2) is 16.9 Å². The summed E-state index contributed by atoms with van der Waals surface area (Å²) in [7, 11) is 0. The Labute approximate surface area is 147 Å². The first-order valence-electron chi connectivity index (χ1n) is 8.61. The first kappa shape index (κ1) is 15.6. The van der Waals surface area contributed by atoms with Gasteiger partial charge in [-0.2, -0.15) is 0 Å². The molecule has 3 heteroatoms. The zero-order valence-corrected chi connectivity index (χ0v) is 14.1. The number of carbonyl (C=O) groups is 1. The molecule has 1 saturated carbocycles. The van der Waals surface area contributed by atoms with E-state index in [9.17, 15) is 4.79 Å². The van der Waals surface area contributed by atoms with E-state index in [1.807, 2.05) is 67.6 Å². The largest absolute Gasteiger partial charge is 0.349 e. The first-order chi connectivity index (χ1) is 12.2. The molecule has 0 saturated heterocycles. The number of aromatic nitrogens is 1. The van der Waals surface area contributed by atoms with Crippen LogP contribution in [0.5, 0.6) is 0 Å². The average molecular weight is 328 g/mol. The molecule has 124 valence electrons. The van der Waals surface area contributed by atoms with E-state index < -0.39 is 0 Å². The Morgan fingerprint density at radius 1 is 0.960 bits per heavy atom. The van der Waals surface area contributed by atoms with Crippen LogP contribution in [0.4, 0.5) is 0 Å². The van der Waals surface area contributed by atoms with Crippen molar-refractivity contribution in [1.29, 1.82) is 0 Å². The molecule has 2 atom stereocenters. The predicted molar refractivity (Wildman–Crippen MR) is 99.5 cm³/mol. The highest BCUT2D eigenvalue weighted by molar-refractivity contribution is 5.96. The number of pyridine rings is 1. The molecule has 1 heterocycles. The molecule has 0 spiro atoms. The van der Waals surface area contributed by atoms with Gasteiger partial charge in [0.15, 0.2) is 0 Å². The first-order valence-corrected chi connectivity index (χ1v) is 8.61. The van der Waals surface area contributed by atoms with Gasteiger partial charge in [0, 0.05) is 17.5 Å². The molecule has 3 nitrogen and oxygen atoms in total. The molecular formula is C22H20N2O. The van der Waals surface area contributed by atoms with Crippen LogP contribution in [-0.2, 0) is 0 Å². The summed E-state index contributed by atoms with van der Waals surface area (Å²) >= 11 is 0. The Morgan fingerprint density at radius 2 is 1.64 bits per heavy atom. The number of carbonyl (C=O) groups excluding carboxylic acids is 1. The van der Waals surface area contributed by atoms with Crippen molar-refractivity contribution in [2.45, 2.75) is 25.3 Å². The zero-order valence-electron chi connectivity index (χ0n) is 14.1. The quantitative estimate of drug-likeness (QED) is 0.774. The van der Waals surface area contributed by atoms with Gasteiger partial charge in [0.2, 0.25) is 0 Å². The SMILES string of the molecule is Cc1nc(-c2ccccc2)ccc1C(=O)N[C@H]1C[C@@H]1c1ccccc1. The van der Waals surface area contributed by atoms with Gasteiger partial charge >= 0.3 is 0 Å². The van der Waals surface area contributed by atoms with Gasteiger partial charge < -0.3 is 5.32 Å². The Kier molecular flexibility index (Phi) is 4.06. The van der Waals surface area contributed by atoms with Crippen molar-refractivity contribution < 1.29 is 4.79 Å². The second kappa shape index (κ2) is 6.52. The Morgan fingerprint density at radius 3 is 2.32 bits per heavy atom. The number of nitrogens with zero attached hydrogens (tertiary/aromatic N) is 1. The molecule has 1 aromatic heterocycles. The number of rotatable bonds is 4. The third-order valence-electron chi connectivity index (χ3n) is 4.73. The minimum Gasteiger partial charge on any atom is -0.349 e. The van der Waals surface area contributed by atoms with Crippen molar-refractivity contribution in [3.05, 3.63) is 89.6 Å². The highest BCUT2D eigenvalue weighted by Crippen LogP contribution is 2.40. The van der Waals surface area contributed by atoms with Gasteiger partial charge in [-0.3, -0.25) is 9.78 Å². The molecule has 1 aliphatic rings. The lowest BCUT2D eigenvalue weighted by molar-refractivity contribution is 0.0949. The standard InChI is InChI=1S/C22H20N2O/c1-15-18(12-13-20(23-15)17-10-6-3-7-11-17)22(25)24-21-14-19(21)16-8-4-2-5-9-16/h2-13,19,21H,14H2,1H3,(H,24,25)/t19-,21+/m1/s1. The number of aryl methyl sites for hydroxylation is 1. The zero-order chi connectivity index (χ0) is 17.2. The van der Waals surface area contributed by atoms with Crippen LogP contribution in [0.3, 0.4) is 0 Å². The van der Waals surface area contributed by atoms with E-state index in [0.29, 0.717) is 11.5 Å². The van der Waals surface area contributed by atoms with E-state index in [0.717, 1.165) is 23.4 Å². The van der Waals surface area contributed by atoms with Crippen molar-refractivity contribution in [2.24, 2.45) is 0 Å². The maximum atomic E-state index is 12.6. The van der Waals surface area contributed by atoms with E-state index in [1.54, 1.807) is 0 Å². The fourth-order valence-electron chi connectivity index (χ4n) is 3.24. The summed E-state index contributed by atoms with van der Waals surface area (Å²) in [4.78, 5) is 17.2. The molecule has 1 amide bonds. The van der Waals surface area contributed by atoms with Crippen LogP contribution in [0.2, 0.25) is 0 Å². The smallest absolute Gasteiger partial charge is 0.253 e. The van der Waals surface area contributed by atoms with Crippen molar-refractivity contribution in [2.75, 3.05) is 0 Å². The van der Waals surface area contributed by atoms with Crippen LogP contribution in [0.25, 0.3) is 11.3 Å². The Bertz CT molecular complexity index is 890. The second-order valence-corrected chi connectivity index (χ2v) is 6.53. The summed E-state index contributed by atoms with van der Waals surface area (Å²) in [6, 6.07) is 24.4. The van der Waals surface area contributed by atoms with E-state index >= 15 is 0 Å². The molecule has 25 heavy (non-hydrogen) atoms. The highest BCUT2D eigenvalue weighted by Gasteiger charge is 2.39. The summed E-state index contributed by atoms with van der Waals surface area (Å²) in [6.45, 7) is 1.89. The van der Waals surface area contributed by atoms with Crippen molar-refractivity contribution in [3.8, 4) is 11.3 Å². The second-order valence-electron chi connectivity index (χ2n) is 6.53. The van der Waals surface area contributed by atoms with Crippen molar-refractivity contribution >= 4 is 5.91 Å². The molecule has 4 rings (SSSR count). The lowest BCUT2D eigenvalue weighted by atomic mass is 10.1. The van der Waals surface area contributed by atoms with E-state index in [-0.39, 0.29) is 11.9 Å². The maximum absolute atomic E-state index is 12.6. The molecule has 2 aromatic carbocycles. The van der Waals surface area contributed by atoms with Gasteiger partial charge in [-0.1, -0.05) is 60.7 Å².